The van der Waals surface area contributed by atoms with Crippen molar-refractivity contribution in [2.75, 3.05) is 39.3 Å². The van der Waals surface area contributed by atoms with Gasteiger partial charge in [0, 0.05) is 72.9 Å². The van der Waals surface area contributed by atoms with Gasteiger partial charge in [-0.15, -0.1) is 0 Å². The highest BCUT2D eigenvalue weighted by molar-refractivity contribution is 9.10. The van der Waals surface area contributed by atoms with Gasteiger partial charge in [-0.1, -0.05) is 28.1 Å². The summed E-state index contributed by atoms with van der Waals surface area (Å²) < 4.78 is 2.34. The van der Waals surface area contributed by atoms with Gasteiger partial charge in [-0.05, 0) is 82.8 Å². The van der Waals surface area contributed by atoms with Crippen molar-refractivity contribution >= 4 is 43.8 Å². The predicted octanol–water partition coefficient (Wildman–Crippen LogP) is 4.20. The minimum absolute atomic E-state index is 0.258. The third-order valence-electron chi connectivity index (χ3n) is 7.42. The van der Waals surface area contributed by atoms with Gasteiger partial charge in [0.2, 0.25) is 5.91 Å². The normalized spacial score (nSPS) is 17.9. The molecule has 5 rings (SSSR count). The summed E-state index contributed by atoms with van der Waals surface area (Å²) in [6, 6.07) is 6.29. The Bertz CT molecular complexity index is 1100. The number of hydrogen-bond acceptors (Lipinski definition) is 4. The summed E-state index contributed by atoms with van der Waals surface area (Å²) >= 11 is 7.24. The first-order chi connectivity index (χ1) is 17.3. The molecule has 2 fully saturated rings. The summed E-state index contributed by atoms with van der Waals surface area (Å²) in [6.07, 6.45) is 7.39. The first-order valence-electron chi connectivity index (χ1n) is 12.7. The van der Waals surface area contributed by atoms with Crippen LogP contribution in [0.25, 0.3) is 0 Å². The lowest BCUT2D eigenvalue weighted by Gasteiger charge is -2.33. The lowest BCUT2D eigenvalue weighted by Crippen LogP contribution is -2.47. The fourth-order valence-electron chi connectivity index (χ4n) is 5.19. The Morgan fingerprint density at radius 3 is 2.47 bits per heavy atom. The van der Waals surface area contributed by atoms with E-state index in [2.05, 4.69) is 67.3 Å². The molecule has 3 aliphatic rings. The van der Waals surface area contributed by atoms with E-state index in [1.54, 1.807) is 4.90 Å². The van der Waals surface area contributed by atoms with Crippen molar-refractivity contribution in [1.29, 1.82) is 0 Å². The van der Waals surface area contributed by atoms with Gasteiger partial charge in [0.1, 0.15) is 0 Å². The summed E-state index contributed by atoms with van der Waals surface area (Å²) in [6.45, 7) is 6.95. The number of likely N-dealkylation sites (tertiary alicyclic amines) is 1. The molecule has 1 aromatic carbocycles. The van der Waals surface area contributed by atoms with Gasteiger partial charge in [0.25, 0.3) is 0 Å². The number of hydrogen-bond donors (Lipinski definition) is 2. The Morgan fingerprint density at radius 2 is 1.78 bits per heavy atom. The summed E-state index contributed by atoms with van der Waals surface area (Å²) in [4.78, 5) is 31.2. The molecule has 0 spiro atoms. The van der Waals surface area contributed by atoms with Crippen molar-refractivity contribution in [1.82, 2.24) is 20.1 Å². The van der Waals surface area contributed by atoms with Crippen molar-refractivity contribution in [3.8, 4) is 0 Å². The molecule has 0 saturated carbocycles. The topological polar surface area (TPSA) is 91.6 Å². The van der Waals surface area contributed by atoms with E-state index in [4.69, 9.17) is 5.73 Å². The number of piperidine rings is 1. The molecular formula is C27H35Br2N5O2. The highest BCUT2D eigenvalue weighted by Crippen LogP contribution is 2.31. The first-order valence-corrected chi connectivity index (χ1v) is 14.3. The van der Waals surface area contributed by atoms with Crippen LogP contribution < -0.4 is 11.1 Å². The molecule has 0 radical (unpaired) electrons. The van der Waals surface area contributed by atoms with Crippen molar-refractivity contribution in [3.05, 3.63) is 61.3 Å². The van der Waals surface area contributed by atoms with Gasteiger partial charge < -0.3 is 20.9 Å². The number of fused-ring (bicyclic) bond motifs is 2. The monoisotopic (exact) mass is 619 g/mol. The predicted molar refractivity (Wildman–Crippen MR) is 149 cm³/mol. The van der Waals surface area contributed by atoms with Gasteiger partial charge >= 0.3 is 6.03 Å². The minimum Gasteiger partial charge on any atom is -0.351 e. The van der Waals surface area contributed by atoms with Crippen LogP contribution in [-0.2, 0) is 24.1 Å². The van der Waals surface area contributed by atoms with Crippen LogP contribution in [0.3, 0.4) is 0 Å². The van der Waals surface area contributed by atoms with Gasteiger partial charge in [-0.3, -0.25) is 9.78 Å². The molecule has 36 heavy (non-hydrogen) atoms. The van der Waals surface area contributed by atoms with Crippen LogP contribution in [0.5, 0.6) is 0 Å². The zero-order valence-corrected chi connectivity index (χ0v) is 24.0. The smallest absolute Gasteiger partial charge is 0.314 e. The van der Waals surface area contributed by atoms with Crippen molar-refractivity contribution in [3.63, 3.8) is 0 Å². The van der Waals surface area contributed by atoms with E-state index in [0.717, 1.165) is 62.8 Å². The summed E-state index contributed by atoms with van der Waals surface area (Å²) in [5, 5.41) is 3.24. The number of nitrogens with one attached hydrogen (secondary N) is 1. The maximum atomic E-state index is 12.1. The second kappa shape index (κ2) is 12.5. The second-order valence-corrected chi connectivity index (χ2v) is 11.6. The molecule has 0 bridgehead atoms. The Hall–Kier alpha value is -1.97. The average Bonchev–Trinajstić information content (AvgIpc) is 3.07. The van der Waals surface area contributed by atoms with Crippen molar-refractivity contribution < 1.29 is 9.59 Å². The molecule has 2 aromatic rings. The van der Waals surface area contributed by atoms with Crippen molar-refractivity contribution in [2.45, 2.75) is 45.4 Å². The molecule has 3 heterocycles. The average molecular weight is 621 g/mol. The third-order valence-corrected chi connectivity index (χ3v) is 8.96. The van der Waals surface area contributed by atoms with Crippen LogP contribution in [0.1, 0.15) is 47.2 Å². The number of amides is 3. The minimum atomic E-state index is -0.345. The van der Waals surface area contributed by atoms with E-state index in [1.165, 1.54) is 32.4 Å². The molecule has 2 saturated heterocycles. The third kappa shape index (κ3) is 6.86. The molecule has 9 heteroatoms. The number of primary amides is 1. The van der Waals surface area contributed by atoms with Crippen LogP contribution in [0.2, 0.25) is 0 Å². The Morgan fingerprint density at radius 1 is 1.06 bits per heavy atom. The number of nitrogens with zero attached hydrogens (tertiary/aromatic N) is 3. The molecule has 3 N–H and O–H groups in total. The van der Waals surface area contributed by atoms with Gasteiger partial charge in [0.05, 0.1) is 0 Å². The first kappa shape index (κ1) is 27.1. The molecule has 194 valence electrons. The summed E-state index contributed by atoms with van der Waals surface area (Å²) in [5.41, 5.74) is 12.0. The quantitative estimate of drug-likeness (QED) is 0.526. The highest BCUT2D eigenvalue weighted by Gasteiger charge is 2.25. The number of pyridine rings is 1. The molecule has 7 nitrogen and oxygen atoms in total. The molecule has 1 aromatic heterocycles. The number of rotatable bonds is 2. The van der Waals surface area contributed by atoms with Crippen LogP contribution in [0.15, 0.2) is 33.3 Å². The number of aryl methyl sites for hydroxylation is 2. The number of nitrogens with two attached hydrogens (primary N) is 1. The summed E-state index contributed by atoms with van der Waals surface area (Å²) in [7, 11) is 0. The second-order valence-electron chi connectivity index (χ2n) is 9.87. The zero-order valence-electron chi connectivity index (χ0n) is 20.9. The van der Waals surface area contributed by atoms with Crippen molar-refractivity contribution in [2.24, 2.45) is 11.7 Å². The zero-order chi connectivity index (χ0) is 25.7. The maximum Gasteiger partial charge on any atom is 0.314 e. The van der Waals surface area contributed by atoms with Gasteiger partial charge in [-0.2, -0.15) is 0 Å². The van der Waals surface area contributed by atoms with Crippen LogP contribution in [0, 0.1) is 12.8 Å². The lowest BCUT2D eigenvalue weighted by molar-refractivity contribution is -0.133. The number of carbonyl (C=O) groups excluding carboxylic acids is 2. The fraction of sp³-hybridized carbons (Fsp3) is 0.519. The maximum absolute atomic E-state index is 12.1. The molecular weight excluding hydrogens is 586 g/mol. The number of benzene rings is 1. The van der Waals surface area contributed by atoms with E-state index in [9.17, 15) is 9.59 Å². The fourth-order valence-corrected chi connectivity index (χ4v) is 6.15. The molecule has 0 atom stereocenters. The van der Waals surface area contributed by atoms with E-state index in [-0.39, 0.29) is 11.9 Å². The Kier molecular flexibility index (Phi) is 9.41. The van der Waals surface area contributed by atoms with E-state index < -0.39 is 0 Å². The highest BCUT2D eigenvalue weighted by atomic mass is 79.9. The lowest BCUT2D eigenvalue weighted by atomic mass is 9.93. The number of carbonyl (C=O) groups is 2. The number of piperazine rings is 1. The van der Waals surface area contributed by atoms with Crippen LogP contribution in [0.4, 0.5) is 4.79 Å². The van der Waals surface area contributed by atoms with E-state index in [1.807, 2.05) is 11.1 Å². The molecule has 2 aliphatic heterocycles. The van der Waals surface area contributed by atoms with Gasteiger partial charge in [-0.25, -0.2) is 4.79 Å². The largest absolute Gasteiger partial charge is 0.351 e. The number of halogens is 2. The standard InChI is InChI=1S/C15H13Br2N.C12H22N4O2/c1-9-2-3-10-7-14-11(6-12(16)8-18-14)4-5-13(10)15(9)17;13-12(18)16-5-1-10(2-6-16)9-11(17)15-7-3-14-4-8-15/h2-3,6,8H,4-5,7H2,1H3;10,14H,1-9H2,(H2,13,18). The van der Waals surface area contributed by atoms with E-state index >= 15 is 0 Å². The van der Waals surface area contributed by atoms with Crippen LogP contribution in [-0.4, -0.2) is 66.0 Å². The molecule has 0 unspecified atom stereocenters. The SMILES string of the molecule is Cc1ccc2c(c1Br)CCc1cc(Br)cnc1C2.NC(=O)N1CCC(CC(=O)N2CCNCC2)CC1. The van der Waals surface area contributed by atoms with Crippen LogP contribution >= 0.6 is 31.9 Å². The molecule has 1 aliphatic carbocycles. The molecule has 3 amide bonds. The number of aromatic nitrogens is 1. The summed E-state index contributed by atoms with van der Waals surface area (Å²) in [5.74, 6) is 0.664. The van der Waals surface area contributed by atoms with E-state index in [0.29, 0.717) is 25.4 Å². The van der Waals surface area contributed by atoms with Gasteiger partial charge in [0.15, 0.2) is 0 Å². The number of urea groups is 1. The Labute approximate surface area is 230 Å². The Balaban J connectivity index is 0.000000169.